The fourth-order valence-electron chi connectivity index (χ4n) is 3.84. The minimum atomic E-state index is -2.46. The third-order valence-corrected chi connectivity index (χ3v) is 7.47. The summed E-state index contributed by atoms with van der Waals surface area (Å²) >= 11 is 0. The number of benzene rings is 2. The minimum Gasteiger partial charge on any atom is -0.454 e. The summed E-state index contributed by atoms with van der Waals surface area (Å²) in [4.78, 5) is 12.9. The second kappa shape index (κ2) is 9.66. The normalized spacial score (nSPS) is 20.7. The first-order chi connectivity index (χ1) is 16.1. The molecule has 0 saturated carbocycles. The van der Waals surface area contributed by atoms with Crippen LogP contribution in [0.15, 0.2) is 60.3 Å². The quantitative estimate of drug-likeness (QED) is 0.613. The zero-order valence-electron chi connectivity index (χ0n) is 19.9. The number of fused-ring (bicyclic) bond motifs is 1. The number of carbonyl (C=O) groups excluding carboxylic acids is 1. The lowest BCUT2D eigenvalue weighted by molar-refractivity contribution is 0.0422. The van der Waals surface area contributed by atoms with Gasteiger partial charge in [-0.2, -0.15) is 0 Å². The highest BCUT2D eigenvalue weighted by atomic mass is 32.2. The molecule has 1 aliphatic carbocycles. The average molecular weight is 483 g/mol. The summed E-state index contributed by atoms with van der Waals surface area (Å²) in [5.41, 5.74) is 4.44. The molecule has 180 valence electrons. The highest BCUT2D eigenvalue weighted by Crippen LogP contribution is 2.32. The van der Waals surface area contributed by atoms with Crippen LogP contribution in [0.2, 0.25) is 0 Å². The molecule has 2 aromatic carbocycles. The van der Waals surface area contributed by atoms with E-state index in [0.29, 0.717) is 29.4 Å². The van der Waals surface area contributed by atoms with Crippen molar-refractivity contribution < 1.29 is 23.2 Å². The van der Waals surface area contributed by atoms with Crippen molar-refractivity contribution in [3.63, 3.8) is 0 Å². The van der Waals surface area contributed by atoms with Crippen molar-refractivity contribution in [3.05, 3.63) is 82.6 Å². The molecular formula is C26H30N2O5S. The molecule has 1 amide bonds. The molecule has 0 radical (unpaired) electrons. The average Bonchev–Trinajstić information content (AvgIpc) is 3.26. The Labute approximate surface area is 201 Å². The monoisotopic (exact) mass is 482 g/mol. The van der Waals surface area contributed by atoms with Crippen LogP contribution in [0.1, 0.15) is 27.0 Å². The molecule has 3 unspecified atom stereocenters. The van der Waals surface area contributed by atoms with Gasteiger partial charge in [0.1, 0.15) is 0 Å². The summed E-state index contributed by atoms with van der Waals surface area (Å²) < 4.78 is 31.4. The van der Waals surface area contributed by atoms with Gasteiger partial charge in [0.2, 0.25) is 6.79 Å². The molecule has 7 nitrogen and oxygen atoms in total. The largest absolute Gasteiger partial charge is 0.454 e. The van der Waals surface area contributed by atoms with Gasteiger partial charge in [-0.05, 0) is 68.2 Å². The van der Waals surface area contributed by atoms with E-state index in [9.17, 15) is 9.00 Å². The van der Waals surface area contributed by atoms with E-state index in [2.05, 4.69) is 29.4 Å². The molecule has 3 atom stereocenters. The molecule has 0 spiro atoms. The van der Waals surface area contributed by atoms with Gasteiger partial charge in [0.25, 0.3) is 5.91 Å². The number of hydrogen-bond acceptors (Lipinski definition) is 5. The lowest BCUT2D eigenvalue weighted by Crippen LogP contribution is -2.45. The molecule has 34 heavy (non-hydrogen) atoms. The van der Waals surface area contributed by atoms with Crippen molar-refractivity contribution in [1.82, 2.24) is 9.62 Å². The van der Waals surface area contributed by atoms with Crippen LogP contribution >= 0.6 is 0 Å². The number of ether oxygens (including phenoxy) is 3. The Balaban J connectivity index is 1.54. The molecule has 0 aromatic heterocycles. The molecule has 0 saturated heterocycles. The minimum absolute atomic E-state index is 0.148. The molecular weight excluding hydrogens is 452 g/mol. The molecule has 1 heterocycles. The molecule has 2 aromatic rings. The highest BCUT2D eigenvalue weighted by Gasteiger charge is 2.29. The summed E-state index contributed by atoms with van der Waals surface area (Å²) in [7, 11) is -0.696. The van der Waals surface area contributed by atoms with Gasteiger partial charge in [0.15, 0.2) is 11.5 Å². The predicted octanol–water partition coefficient (Wildman–Crippen LogP) is 3.36. The molecule has 0 fully saturated rings. The second-order valence-electron chi connectivity index (χ2n) is 8.71. The van der Waals surface area contributed by atoms with Gasteiger partial charge in [-0.25, -0.2) is 4.31 Å². The fourth-order valence-corrected chi connectivity index (χ4v) is 4.55. The van der Waals surface area contributed by atoms with E-state index >= 15 is 0 Å². The number of nitrogens with one attached hydrogen (secondary N) is 1. The standard InChI is InChI=1S/C26H30N2O5S/c1-17-6-7-18(2)20(12-17)15-31-24-14-21(9-10-22(24)28(3)34(4,5)30)27-26(29)19-8-11-23-25(13-19)33-16-32-23/h6-14,22,24H,4,15-16H2,1-3,5H3,(H,27,29). The fraction of sp³-hybridized carbons (Fsp3) is 0.308. The Morgan fingerprint density at radius 3 is 2.74 bits per heavy atom. The Hall–Kier alpha value is -3.07. The van der Waals surface area contributed by atoms with E-state index in [4.69, 9.17) is 14.2 Å². The number of hydrogen-bond donors (Lipinski definition) is 1. The van der Waals surface area contributed by atoms with Crippen LogP contribution < -0.4 is 14.8 Å². The zero-order valence-corrected chi connectivity index (χ0v) is 20.7. The first-order valence-corrected chi connectivity index (χ1v) is 13.0. The van der Waals surface area contributed by atoms with Gasteiger partial charge in [0.05, 0.1) is 18.8 Å². The van der Waals surface area contributed by atoms with Crippen molar-refractivity contribution in [2.45, 2.75) is 32.6 Å². The topological polar surface area (TPSA) is 77.1 Å². The van der Waals surface area contributed by atoms with Crippen molar-refractivity contribution in [2.75, 3.05) is 20.1 Å². The van der Waals surface area contributed by atoms with E-state index in [1.807, 2.05) is 26.0 Å². The van der Waals surface area contributed by atoms with Gasteiger partial charge >= 0.3 is 0 Å². The van der Waals surface area contributed by atoms with Crippen LogP contribution in [0.3, 0.4) is 0 Å². The van der Waals surface area contributed by atoms with Crippen LogP contribution in [0, 0.1) is 13.8 Å². The third-order valence-electron chi connectivity index (χ3n) is 6.01. The molecule has 4 rings (SSSR count). The lowest BCUT2D eigenvalue weighted by atomic mass is 10.0. The Morgan fingerprint density at radius 2 is 1.97 bits per heavy atom. The smallest absolute Gasteiger partial charge is 0.255 e. The van der Waals surface area contributed by atoms with Gasteiger partial charge in [0, 0.05) is 27.2 Å². The number of rotatable bonds is 7. The highest BCUT2D eigenvalue weighted by molar-refractivity contribution is 7.97. The number of allylic oxidation sites excluding steroid dienone is 1. The summed E-state index contributed by atoms with van der Waals surface area (Å²) in [6, 6.07) is 11.0. The van der Waals surface area contributed by atoms with Crippen molar-refractivity contribution in [1.29, 1.82) is 0 Å². The van der Waals surface area contributed by atoms with Gasteiger partial charge < -0.3 is 19.5 Å². The first kappa shape index (κ1) is 24.1. The number of likely N-dealkylation sites (N-methyl/N-ethyl adjacent to an activating group) is 1. The predicted molar refractivity (Wildman–Crippen MR) is 134 cm³/mol. The number of carbonyl (C=O) groups is 1. The Morgan fingerprint density at radius 1 is 1.21 bits per heavy atom. The zero-order chi connectivity index (χ0) is 24.5. The van der Waals surface area contributed by atoms with Crippen molar-refractivity contribution in [2.24, 2.45) is 0 Å². The van der Waals surface area contributed by atoms with Crippen LogP contribution in [-0.4, -0.2) is 52.5 Å². The Bertz CT molecular complexity index is 1270. The Kier molecular flexibility index (Phi) is 6.84. The number of nitrogens with zero attached hydrogens (tertiary/aromatic N) is 1. The lowest BCUT2D eigenvalue weighted by Gasteiger charge is -2.34. The van der Waals surface area contributed by atoms with Crippen LogP contribution in [0.25, 0.3) is 0 Å². The molecule has 2 aliphatic rings. The summed E-state index contributed by atoms with van der Waals surface area (Å²) in [5, 5.41) is 2.93. The van der Waals surface area contributed by atoms with E-state index < -0.39 is 15.8 Å². The summed E-state index contributed by atoms with van der Waals surface area (Å²) in [6.07, 6.45) is 6.70. The number of aryl methyl sites for hydroxylation is 2. The van der Waals surface area contributed by atoms with Crippen molar-refractivity contribution >= 4 is 21.5 Å². The van der Waals surface area contributed by atoms with E-state index in [-0.39, 0.29) is 18.7 Å². The van der Waals surface area contributed by atoms with Crippen LogP contribution in [0.5, 0.6) is 11.5 Å². The molecule has 1 aliphatic heterocycles. The molecule has 1 N–H and O–H groups in total. The maximum absolute atomic E-state index is 12.9. The van der Waals surface area contributed by atoms with Crippen LogP contribution in [-0.2, 0) is 21.1 Å². The summed E-state index contributed by atoms with van der Waals surface area (Å²) in [5.74, 6) is 4.71. The van der Waals surface area contributed by atoms with Gasteiger partial charge in [-0.15, -0.1) is 0 Å². The maximum Gasteiger partial charge on any atom is 0.255 e. The SMILES string of the molecule is C=S(C)(=O)N(C)C1C=CC(NC(=O)c2ccc3c(c2)OCO3)=CC1OCc1cc(C)ccc1C. The molecule has 8 heteroatoms. The van der Waals surface area contributed by atoms with Crippen LogP contribution in [0.4, 0.5) is 0 Å². The van der Waals surface area contributed by atoms with E-state index in [1.54, 1.807) is 41.9 Å². The maximum atomic E-state index is 12.9. The van der Waals surface area contributed by atoms with Gasteiger partial charge in [-0.3, -0.25) is 9.00 Å². The van der Waals surface area contributed by atoms with E-state index in [1.165, 1.54) is 0 Å². The summed E-state index contributed by atoms with van der Waals surface area (Å²) in [6.45, 7) is 4.62. The van der Waals surface area contributed by atoms with Crippen molar-refractivity contribution in [3.8, 4) is 11.5 Å². The third kappa shape index (κ3) is 5.35. The first-order valence-electron chi connectivity index (χ1n) is 11.0. The number of amides is 1. The van der Waals surface area contributed by atoms with E-state index in [0.717, 1.165) is 16.7 Å². The molecule has 0 bridgehead atoms. The van der Waals surface area contributed by atoms with Gasteiger partial charge in [-0.1, -0.05) is 29.8 Å². The second-order valence-corrected chi connectivity index (χ2v) is 11.2.